The highest BCUT2D eigenvalue weighted by Gasteiger charge is 2.34. The van der Waals surface area contributed by atoms with Gasteiger partial charge in [-0.25, -0.2) is 4.39 Å². The van der Waals surface area contributed by atoms with Crippen molar-refractivity contribution in [2.24, 2.45) is 10.4 Å². The van der Waals surface area contributed by atoms with Gasteiger partial charge in [0.1, 0.15) is 5.82 Å². The number of thioether (sulfide) groups is 1. The van der Waals surface area contributed by atoms with Gasteiger partial charge in [-0.05, 0) is 36.5 Å². The average molecular weight is 357 g/mol. The fourth-order valence-electron chi connectivity index (χ4n) is 2.94. The molecule has 1 saturated carbocycles. The van der Waals surface area contributed by atoms with E-state index < -0.39 is 0 Å². The van der Waals surface area contributed by atoms with Crippen molar-refractivity contribution >= 4 is 38.5 Å². The van der Waals surface area contributed by atoms with Crippen LogP contribution in [0.25, 0.3) is 0 Å². The van der Waals surface area contributed by atoms with Crippen LogP contribution in [0.2, 0.25) is 0 Å². The number of aliphatic imine (C=N–C) groups is 1. The molecule has 0 radical (unpaired) electrons. The van der Waals surface area contributed by atoms with E-state index in [2.05, 4.69) is 26.2 Å². The fraction of sp³-hybridized carbons (Fsp3) is 0.533. The third-order valence-corrected chi connectivity index (χ3v) is 5.91. The Morgan fingerprint density at radius 3 is 2.70 bits per heavy atom. The molecular formula is C15H18BrFN2S. The number of hydrogen-bond acceptors (Lipinski definition) is 3. The fourth-order valence-corrected chi connectivity index (χ4v) is 4.43. The Hall–Kier alpha value is -0.550. The lowest BCUT2D eigenvalue weighted by atomic mass is 9.75. The summed E-state index contributed by atoms with van der Waals surface area (Å²) in [5.74, 6) is 0.859. The molecule has 3 rings (SSSR count). The van der Waals surface area contributed by atoms with Crippen molar-refractivity contribution in [3.05, 3.63) is 28.5 Å². The van der Waals surface area contributed by atoms with E-state index in [-0.39, 0.29) is 5.82 Å². The minimum atomic E-state index is -0.249. The van der Waals surface area contributed by atoms with Crippen LogP contribution in [0.3, 0.4) is 0 Å². The van der Waals surface area contributed by atoms with Crippen LogP contribution >= 0.6 is 27.7 Å². The van der Waals surface area contributed by atoms with Gasteiger partial charge in [0.05, 0.1) is 5.69 Å². The summed E-state index contributed by atoms with van der Waals surface area (Å²) >= 11 is 5.00. The van der Waals surface area contributed by atoms with Gasteiger partial charge in [0.25, 0.3) is 0 Å². The largest absolute Gasteiger partial charge is 0.333 e. The van der Waals surface area contributed by atoms with Crippen molar-refractivity contribution in [2.45, 2.75) is 32.1 Å². The number of benzene rings is 1. The predicted octanol–water partition coefficient (Wildman–Crippen LogP) is 5.05. The third-order valence-electron chi connectivity index (χ3n) is 4.16. The smallest absolute Gasteiger partial charge is 0.161 e. The lowest BCUT2D eigenvalue weighted by molar-refractivity contribution is 0.232. The molecule has 0 aromatic heterocycles. The monoisotopic (exact) mass is 356 g/mol. The summed E-state index contributed by atoms with van der Waals surface area (Å²) in [6.45, 7) is 0.889. The Bertz CT molecular complexity index is 527. The molecule has 108 valence electrons. The first-order valence-corrected chi connectivity index (χ1v) is 8.84. The van der Waals surface area contributed by atoms with Crippen LogP contribution in [-0.2, 0) is 0 Å². The molecule has 0 amide bonds. The molecule has 1 spiro atoms. The zero-order chi connectivity index (χ0) is 14.0. The van der Waals surface area contributed by atoms with Crippen molar-refractivity contribution in [2.75, 3.05) is 17.6 Å². The molecule has 0 atom stereocenters. The minimum absolute atomic E-state index is 0.249. The molecule has 1 aromatic carbocycles. The van der Waals surface area contributed by atoms with Gasteiger partial charge in [-0.15, -0.1) is 0 Å². The van der Waals surface area contributed by atoms with Crippen LogP contribution in [0.4, 0.5) is 10.1 Å². The van der Waals surface area contributed by atoms with Crippen LogP contribution in [0.1, 0.15) is 32.1 Å². The number of amidine groups is 1. The van der Waals surface area contributed by atoms with Crippen molar-refractivity contribution in [1.82, 2.24) is 0 Å². The summed E-state index contributed by atoms with van der Waals surface area (Å²) in [6, 6.07) is 5.05. The maximum Gasteiger partial charge on any atom is 0.161 e. The van der Waals surface area contributed by atoms with Crippen LogP contribution in [0.5, 0.6) is 0 Å². The standard InChI is InChI=1S/C15H18BrFN2S/c16-11-4-5-13(12(17)8-11)19-14-18-9-15(10-20-14)6-2-1-3-7-15/h4-5,8H,1-3,6-7,9-10H2,(H,18,19). The molecule has 1 aliphatic carbocycles. The second-order valence-electron chi connectivity index (χ2n) is 5.72. The predicted molar refractivity (Wildman–Crippen MR) is 88.0 cm³/mol. The van der Waals surface area contributed by atoms with Crippen LogP contribution in [0, 0.1) is 11.2 Å². The summed E-state index contributed by atoms with van der Waals surface area (Å²) in [5.41, 5.74) is 0.908. The summed E-state index contributed by atoms with van der Waals surface area (Å²) in [7, 11) is 0. The van der Waals surface area contributed by atoms with E-state index in [9.17, 15) is 4.39 Å². The van der Waals surface area contributed by atoms with Gasteiger partial charge in [0, 0.05) is 16.8 Å². The topological polar surface area (TPSA) is 24.4 Å². The molecule has 0 unspecified atom stereocenters. The van der Waals surface area contributed by atoms with Gasteiger partial charge in [-0.3, -0.25) is 4.99 Å². The second-order valence-corrected chi connectivity index (χ2v) is 7.60. The lowest BCUT2D eigenvalue weighted by Gasteiger charge is -2.38. The molecule has 2 nitrogen and oxygen atoms in total. The highest BCUT2D eigenvalue weighted by molar-refractivity contribution is 9.10. The van der Waals surface area contributed by atoms with Gasteiger partial charge >= 0.3 is 0 Å². The van der Waals surface area contributed by atoms with E-state index in [1.165, 1.54) is 38.2 Å². The molecule has 1 heterocycles. The summed E-state index contributed by atoms with van der Waals surface area (Å²) in [4.78, 5) is 4.66. The molecule has 0 saturated heterocycles. The quantitative estimate of drug-likeness (QED) is 0.760. The molecule has 5 heteroatoms. The third kappa shape index (κ3) is 3.19. The molecule has 1 N–H and O–H groups in total. The van der Waals surface area contributed by atoms with E-state index in [0.717, 1.165) is 21.9 Å². The summed E-state index contributed by atoms with van der Waals surface area (Å²) in [5, 5.41) is 3.96. The normalized spacial score (nSPS) is 21.6. The number of rotatable bonds is 1. The van der Waals surface area contributed by atoms with Gasteiger partial charge in [0.15, 0.2) is 5.17 Å². The van der Waals surface area contributed by atoms with Crippen molar-refractivity contribution in [3.63, 3.8) is 0 Å². The SMILES string of the molecule is Fc1cc(Br)ccc1NC1=NCC2(CCCCC2)CS1. The van der Waals surface area contributed by atoms with Crippen LogP contribution < -0.4 is 5.32 Å². The minimum Gasteiger partial charge on any atom is -0.333 e. The first-order valence-electron chi connectivity index (χ1n) is 7.06. The average Bonchev–Trinajstić information content (AvgIpc) is 2.45. The number of nitrogens with zero attached hydrogens (tertiary/aromatic N) is 1. The van der Waals surface area contributed by atoms with E-state index >= 15 is 0 Å². The molecule has 1 aliphatic heterocycles. The number of anilines is 1. The molecular weight excluding hydrogens is 339 g/mol. The zero-order valence-corrected chi connectivity index (χ0v) is 13.7. The van der Waals surface area contributed by atoms with Crippen LogP contribution in [-0.4, -0.2) is 17.5 Å². The van der Waals surface area contributed by atoms with E-state index in [1.54, 1.807) is 17.8 Å². The van der Waals surface area contributed by atoms with Crippen molar-refractivity contribution < 1.29 is 4.39 Å². The van der Waals surface area contributed by atoms with Crippen molar-refractivity contribution in [3.8, 4) is 0 Å². The first kappa shape index (κ1) is 14.4. The highest BCUT2D eigenvalue weighted by atomic mass is 79.9. The first-order chi connectivity index (χ1) is 9.67. The number of halogens is 2. The summed E-state index contributed by atoms with van der Waals surface area (Å²) < 4.78 is 14.5. The number of nitrogens with one attached hydrogen (secondary N) is 1. The molecule has 1 fully saturated rings. The zero-order valence-electron chi connectivity index (χ0n) is 11.3. The Balaban J connectivity index is 1.67. The maximum absolute atomic E-state index is 13.8. The van der Waals surface area contributed by atoms with Crippen molar-refractivity contribution in [1.29, 1.82) is 0 Å². The highest BCUT2D eigenvalue weighted by Crippen LogP contribution is 2.42. The summed E-state index contributed by atoms with van der Waals surface area (Å²) in [6.07, 6.45) is 6.62. The lowest BCUT2D eigenvalue weighted by Crippen LogP contribution is -2.35. The van der Waals surface area contributed by atoms with E-state index in [1.807, 2.05) is 6.07 Å². The van der Waals surface area contributed by atoms with E-state index in [0.29, 0.717) is 11.1 Å². The molecule has 2 aliphatic rings. The van der Waals surface area contributed by atoms with Gasteiger partial charge in [-0.2, -0.15) is 0 Å². The second kappa shape index (κ2) is 6.06. The number of hydrogen-bond donors (Lipinski definition) is 1. The molecule has 1 aromatic rings. The Morgan fingerprint density at radius 2 is 2.05 bits per heavy atom. The maximum atomic E-state index is 13.8. The van der Waals surface area contributed by atoms with Gasteiger partial charge in [0.2, 0.25) is 0 Å². The van der Waals surface area contributed by atoms with Gasteiger partial charge in [-0.1, -0.05) is 47.0 Å². The van der Waals surface area contributed by atoms with Gasteiger partial charge < -0.3 is 5.32 Å². The van der Waals surface area contributed by atoms with E-state index in [4.69, 9.17) is 0 Å². The van der Waals surface area contributed by atoms with Crippen LogP contribution in [0.15, 0.2) is 27.7 Å². The molecule has 20 heavy (non-hydrogen) atoms. The Labute approximate surface area is 131 Å². The Morgan fingerprint density at radius 1 is 1.25 bits per heavy atom. The molecule has 0 bridgehead atoms. The Kier molecular flexibility index (Phi) is 4.36.